The van der Waals surface area contributed by atoms with Crippen molar-refractivity contribution in [3.05, 3.63) is 114 Å². The topological polar surface area (TPSA) is 147 Å². The molecule has 10 nitrogen and oxygen atoms in total. The van der Waals surface area contributed by atoms with E-state index in [1.807, 2.05) is 42.5 Å². The van der Waals surface area contributed by atoms with Gasteiger partial charge in [-0.1, -0.05) is 54.6 Å². The highest BCUT2D eigenvalue weighted by molar-refractivity contribution is 6.09. The lowest BCUT2D eigenvalue weighted by molar-refractivity contribution is -0.139. The van der Waals surface area contributed by atoms with Crippen LogP contribution in [0.4, 0.5) is 17.1 Å². The quantitative estimate of drug-likeness (QED) is 0.160. The van der Waals surface area contributed by atoms with Crippen molar-refractivity contribution >= 4 is 28.9 Å². The summed E-state index contributed by atoms with van der Waals surface area (Å²) in [6, 6.07) is 21.4. The molecule has 10 heteroatoms. The molecule has 2 heterocycles. The van der Waals surface area contributed by atoms with Crippen LogP contribution in [-0.2, 0) is 29.9 Å². The molecule has 2 atom stereocenters. The van der Waals surface area contributed by atoms with Crippen LogP contribution in [0.15, 0.2) is 91.1 Å². The van der Waals surface area contributed by atoms with Crippen molar-refractivity contribution in [1.82, 2.24) is 15.0 Å². The standard InChI is InChI=1S/C32H34N6O4/c1-22(7-5-6-17-37-21-27(16-18-39)35-36-37)32(42)28-19-26(34-30(40)24-10-12-25(33)13-11-24)14-15-29(28)38(31(32)41)20-23-8-3-2-4-9-23/h2-5,7-15,19,21-22,39,42H,6,16-18,20,33H2,1H3,(H,34,40)/b7-5+/t22-,32+/m0/s1. The zero-order chi connectivity index (χ0) is 29.7. The number of nitrogen functional groups attached to an aromatic ring is 1. The smallest absolute Gasteiger partial charge is 0.264 e. The molecule has 3 aromatic carbocycles. The lowest BCUT2D eigenvalue weighted by atomic mass is 9.82. The van der Waals surface area contributed by atoms with Gasteiger partial charge in [-0.05, 0) is 54.4 Å². The number of nitrogens with one attached hydrogen (secondary N) is 1. The zero-order valence-electron chi connectivity index (χ0n) is 23.4. The van der Waals surface area contributed by atoms with Gasteiger partial charge in [-0.2, -0.15) is 0 Å². The Morgan fingerprint density at radius 1 is 1.12 bits per heavy atom. The normalized spacial score (nSPS) is 17.0. The number of anilines is 3. The molecule has 1 aliphatic rings. The fraction of sp³-hybridized carbons (Fsp3) is 0.250. The van der Waals surface area contributed by atoms with Crippen LogP contribution in [-0.4, -0.2) is 43.6 Å². The van der Waals surface area contributed by atoms with Crippen molar-refractivity contribution in [2.24, 2.45) is 5.92 Å². The molecule has 0 saturated heterocycles. The molecule has 0 saturated carbocycles. The van der Waals surface area contributed by atoms with Crippen LogP contribution in [0.2, 0.25) is 0 Å². The van der Waals surface area contributed by atoms with Crippen molar-refractivity contribution in [2.75, 3.05) is 22.6 Å². The van der Waals surface area contributed by atoms with E-state index in [-0.39, 0.29) is 12.5 Å². The van der Waals surface area contributed by atoms with Gasteiger partial charge >= 0.3 is 0 Å². The number of aromatic nitrogens is 3. The number of benzene rings is 3. The first kappa shape index (κ1) is 28.7. The second kappa shape index (κ2) is 12.4. The van der Waals surface area contributed by atoms with Gasteiger partial charge in [0.1, 0.15) is 0 Å². The molecule has 1 aromatic heterocycles. The number of amides is 2. The molecular formula is C32H34N6O4. The Hall–Kier alpha value is -4.80. The van der Waals surface area contributed by atoms with Gasteiger partial charge < -0.3 is 26.2 Å². The number of carbonyl (C=O) groups excluding carboxylic acids is 2. The lowest BCUT2D eigenvalue weighted by Crippen LogP contribution is -2.44. The number of nitrogens with zero attached hydrogens (tertiary/aromatic N) is 4. The average Bonchev–Trinajstić information content (AvgIpc) is 3.53. The number of hydrogen-bond donors (Lipinski definition) is 4. The fourth-order valence-corrected chi connectivity index (χ4v) is 5.11. The third-order valence-electron chi connectivity index (χ3n) is 7.45. The van der Waals surface area contributed by atoms with E-state index in [1.54, 1.807) is 65.2 Å². The Morgan fingerprint density at radius 3 is 2.62 bits per heavy atom. The second-order valence-corrected chi connectivity index (χ2v) is 10.4. The number of hydrogen-bond acceptors (Lipinski definition) is 7. The number of rotatable bonds is 11. The minimum absolute atomic E-state index is 0.0122. The van der Waals surface area contributed by atoms with Crippen molar-refractivity contribution < 1.29 is 19.8 Å². The Bertz CT molecular complexity index is 1580. The van der Waals surface area contributed by atoms with Crippen molar-refractivity contribution in [2.45, 2.75) is 38.5 Å². The minimum atomic E-state index is -1.84. The second-order valence-electron chi connectivity index (χ2n) is 10.4. The van der Waals surface area contributed by atoms with E-state index in [0.717, 1.165) is 11.3 Å². The van der Waals surface area contributed by atoms with Crippen LogP contribution in [0.25, 0.3) is 0 Å². The molecule has 0 aliphatic carbocycles. The van der Waals surface area contributed by atoms with Crippen LogP contribution in [0, 0.1) is 5.92 Å². The molecule has 1 aliphatic heterocycles. The predicted octanol–water partition coefficient (Wildman–Crippen LogP) is 3.66. The molecule has 42 heavy (non-hydrogen) atoms. The lowest BCUT2D eigenvalue weighted by Gasteiger charge is -2.28. The summed E-state index contributed by atoms with van der Waals surface area (Å²) in [7, 11) is 0. The number of allylic oxidation sites excluding steroid dienone is 1. The molecular weight excluding hydrogens is 532 g/mol. The van der Waals surface area contributed by atoms with Crippen LogP contribution in [0.5, 0.6) is 0 Å². The molecule has 0 unspecified atom stereocenters. The highest BCUT2D eigenvalue weighted by Crippen LogP contribution is 2.47. The Labute approximate surface area is 244 Å². The van der Waals surface area contributed by atoms with Gasteiger partial charge in [0.05, 0.1) is 17.9 Å². The fourth-order valence-electron chi connectivity index (χ4n) is 5.11. The summed E-state index contributed by atoms with van der Waals surface area (Å²) in [4.78, 5) is 28.4. The van der Waals surface area contributed by atoms with Crippen LogP contribution < -0.4 is 16.0 Å². The van der Waals surface area contributed by atoms with Crippen LogP contribution >= 0.6 is 0 Å². The Kier molecular flexibility index (Phi) is 8.46. The number of fused-ring (bicyclic) bond motifs is 1. The molecule has 216 valence electrons. The van der Waals surface area contributed by atoms with Gasteiger partial charge in [0.25, 0.3) is 11.8 Å². The van der Waals surface area contributed by atoms with Gasteiger partial charge in [0.15, 0.2) is 5.60 Å². The average molecular weight is 567 g/mol. The largest absolute Gasteiger partial charge is 0.399 e. The highest BCUT2D eigenvalue weighted by Gasteiger charge is 2.52. The first-order valence-electron chi connectivity index (χ1n) is 13.9. The van der Waals surface area contributed by atoms with Crippen molar-refractivity contribution in [1.29, 1.82) is 0 Å². The van der Waals surface area contributed by atoms with Crippen LogP contribution in [0.3, 0.4) is 0 Å². The van der Waals surface area contributed by atoms with Crippen LogP contribution in [0.1, 0.15) is 40.5 Å². The van der Waals surface area contributed by atoms with Gasteiger partial charge in [-0.15, -0.1) is 5.10 Å². The molecule has 0 spiro atoms. The number of nitrogens with two attached hydrogens (primary N) is 1. The Balaban J connectivity index is 1.40. The van der Waals surface area contributed by atoms with E-state index in [1.165, 1.54) is 0 Å². The molecule has 5 rings (SSSR count). The third kappa shape index (κ3) is 5.95. The first-order valence-corrected chi connectivity index (χ1v) is 13.9. The molecule has 5 N–H and O–H groups in total. The summed E-state index contributed by atoms with van der Waals surface area (Å²) in [6.07, 6.45) is 6.59. The first-order chi connectivity index (χ1) is 20.3. The summed E-state index contributed by atoms with van der Waals surface area (Å²) in [6.45, 7) is 2.67. The molecule has 0 bridgehead atoms. The van der Waals surface area contributed by atoms with E-state index in [9.17, 15) is 14.7 Å². The van der Waals surface area contributed by atoms with E-state index >= 15 is 0 Å². The van der Waals surface area contributed by atoms with Crippen molar-refractivity contribution in [3.63, 3.8) is 0 Å². The summed E-state index contributed by atoms with van der Waals surface area (Å²) in [5.41, 5.74) is 8.03. The summed E-state index contributed by atoms with van der Waals surface area (Å²) < 4.78 is 1.70. The minimum Gasteiger partial charge on any atom is -0.399 e. The number of aryl methyl sites for hydroxylation is 1. The predicted molar refractivity (Wildman–Crippen MR) is 161 cm³/mol. The third-order valence-corrected chi connectivity index (χ3v) is 7.45. The Morgan fingerprint density at radius 2 is 1.88 bits per heavy atom. The van der Waals surface area contributed by atoms with Gasteiger partial charge in [-0.25, -0.2) is 0 Å². The summed E-state index contributed by atoms with van der Waals surface area (Å²) in [5.74, 6) is -1.33. The summed E-state index contributed by atoms with van der Waals surface area (Å²) in [5, 5.41) is 32.1. The van der Waals surface area contributed by atoms with Gasteiger partial charge in [0.2, 0.25) is 0 Å². The number of carbonyl (C=O) groups is 2. The van der Waals surface area contributed by atoms with E-state index in [0.29, 0.717) is 54.1 Å². The van der Waals surface area contributed by atoms with E-state index in [4.69, 9.17) is 10.8 Å². The molecule has 4 aromatic rings. The molecule has 0 radical (unpaired) electrons. The maximum absolute atomic E-state index is 13.9. The van der Waals surface area contributed by atoms with Gasteiger partial charge in [0, 0.05) is 54.2 Å². The number of aliphatic hydroxyl groups excluding tert-OH is 1. The van der Waals surface area contributed by atoms with Crippen molar-refractivity contribution in [3.8, 4) is 0 Å². The van der Waals surface area contributed by atoms with E-state index < -0.39 is 17.4 Å². The zero-order valence-corrected chi connectivity index (χ0v) is 23.4. The SMILES string of the molecule is C[C@@H](/C=C/CCn1cc(CCO)nn1)[C@]1(O)C(=O)N(Cc2ccccc2)c2ccc(NC(=O)c3ccc(N)cc3)cc21. The number of aliphatic hydroxyl groups is 2. The summed E-state index contributed by atoms with van der Waals surface area (Å²) >= 11 is 0. The maximum Gasteiger partial charge on any atom is 0.264 e. The van der Waals surface area contributed by atoms with E-state index in [2.05, 4.69) is 15.6 Å². The highest BCUT2D eigenvalue weighted by atomic mass is 16.3. The molecule has 2 amide bonds. The monoisotopic (exact) mass is 566 g/mol. The maximum atomic E-state index is 13.9. The van der Waals surface area contributed by atoms with Gasteiger partial charge in [-0.3, -0.25) is 14.3 Å². The molecule has 0 fully saturated rings.